The first-order valence-corrected chi connectivity index (χ1v) is 15.2. The Morgan fingerprint density at radius 3 is 2.57 bits per heavy atom. The monoisotopic (exact) mass is 593 g/mol. The van der Waals surface area contributed by atoms with E-state index in [4.69, 9.17) is 4.74 Å². The molecule has 10 heteroatoms. The zero-order valence-electron chi connectivity index (χ0n) is 25.4. The number of nitrogens with one attached hydrogen (secondary N) is 1. The molecular formula is C34H39N7O3. The largest absolute Gasteiger partial charge is 0.378 e. The van der Waals surface area contributed by atoms with Crippen LogP contribution in [0.2, 0.25) is 0 Å². The molecular weight excluding hydrogens is 554 g/mol. The number of anilines is 2. The Balaban J connectivity index is 1.02. The molecule has 10 nitrogen and oxygen atoms in total. The molecule has 0 unspecified atom stereocenters. The molecule has 2 saturated heterocycles. The summed E-state index contributed by atoms with van der Waals surface area (Å²) >= 11 is 0. The fourth-order valence-corrected chi connectivity index (χ4v) is 5.82. The van der Waals surface area contributed by atoms with Crippen LogP contribution in [0.1, 0.15) is 17.7 Å². The zero-order chi connectivity index (χ0) is 30.5. The molecule has 0 bridgehead atoms. The van der Waals surface area contributed by atoms with Crippen LogP contribution in [0.3, 0.4) is 0 Å². The number of morpholine rings is 1. The Bertz CT molecular complexity index is 1630. The average molecular weight is 594 g/mol. The Hall–Kier alpha value is -4.41. The number of allylic oxidation sites excluding steroid dienone is 1. The second-order valence-electron chi connectivity index (χ2n) is 11.9. The molecule has 3 aromatic heterocycles. The molecule has 2 aliphatic heterocycles. The summed E-state index contributed by atoms with van der Waals surface area (Å²) < 4.78 is 5.49. The van der Waals surface area contributed by atoms with Crippen molar-refractivity contribution >= 4 is 34.1 Å². The number of ether oxygens (including phenoxy) is 1. The second-order valence-corrected chi connectivity index (χ2v) is 11.9. The average Bonchev–Trinajstić information content (AvgIpc) is 3.44. The summed E-state index contributed by atoms with van der Waals surface area (Å²) in [6.07, 6.45) is 8.19. The lowest BCUT2D eigenvalue weighted by Crippen LogP contribution is -2.47. The minimum absolute atomic E-state index is 0.120. The second kappa shape index (κ2) is 13.5. The third-order valence-corrected chi connectivity index (χ3v) is 8.15. The third-order valence-electron chi connectivity index (χ3n) is 8.15. The number of likely N-dealkylation sites (N-methyl/N-ethyl adjacent to an activating group) is 1. The Kier molecular flexibility index (Phi) is 9.09. The van der Waals surface area contributed by atoms with E-state index < -0.39 is 0 Å². The van der Waals surface area contributed by atoms with E-state index in [2.05, 4.69) is 35.8 Å². The van der Waals surface area contributed by atoms with Gasteiger partial charge in [0.15, 0.2) is 5.78 Å². The normalized spacial score (nSPS) is 15.8. The molecule has 0 aliphatic carbocycles. The van der Waals surface area contributed by atoms with Crippen molar-refractivity contribution in [3.8, 4) is 11.3 Å². The van der Waals surface area contributed by atoms with Gasteiger partial charge in [-0.05, 0) is 49.5 Å². The van der Waals surface area contributed by atoms with E-state index in [0.29, 0.717) is 32.0 Å². The van der Waals surface area contributed by atoms with Crippen LogP contribution in [0.5, 0.6) is 0 Å². The van der Waals surface area contributed by atoms with Gasteiger partial charge in [0.1, 0.15) is 23.6 Å². The number of benzene rings is 1. The van der Waals surface area contributed by atoms with E-state index in [9.17, 15) is 9.59 Å². The number of hydrogen-bond donors (Lipinski definition) is 1. The lowest BCUT2D eigenvalue weighted by atomic mass is 9.93. The number of ketones is 2. The molecule has 0 spiro atoms. The molecule has 0 radical (unpaired) electrons. The van der Waals surface area contributed by atoms with Crippen molar-refractivity contribution in [2.75, 3.05) is 69.8 Å². The van der Waals surface area contributed by atoms with Gasteiger partial charge in [-0.2, -0.15) is 0 Å². The lowest BCUT2D eigenvalue weighted by molar-refractivity contribution is -0.118. The Labute approximate surface area is 257 Å². The number of fused-ring (bicyclic) bond motifs is 1. The molecule has 228 valence electrons. The van der Waals surface area contributed by atoms with Crippen molar-refractivity contribution in [1.82, 2.24) is 24.8 Å². The van der Waals surface area contributed by atoms with E-state index in [-0.39, 0.29) is 18.0 Å². The maximum absolute atomic E-state index is 13.0. The van der Waals surface area contributed by atoms with Gasteiger partial charge in [-0.3, -0.25) is 14.6 Å². The van der Waals surface area contributed by atoms with Gasteiger partial charge < -0.3 is 24.4 Å². The maximum Gasteiger partial charge on any atom is 0.155 e. The molecule has 2 fully saturated rings. The number of nitrogens with zero attached hydrogens (tertiary/aromatic N) is 6. The smallest absolute Gasteiger partial charge is 0.155 e. The summed E-state index contributed by atoms with van der Waals surface area (Å²) in [5.41, 5.74) is 5.59. The molecule has 6 rings (SSSR count). The highest BCUT2D eigenvalue weighted by atomic mass is 16.5. The van der Waals surface area contributed by atoms with Crippen LogP contribution < -0.4 is 9.80 Å². The van der Waals surface area contributed by atoms with E-state index in [1.807, 2.05) is 61.5 Å². The molecule has 1 N–H and O–H groups in total. The predicted octanol–water partition coefficient (Wildman–Crippen LogP) is 3.72. The highest BCUT2D eigenvalue weighted by molar-refractivity contribution is 5.92. The van der Waals surface area contributed by atoms with E-state index >= 15 is 0 Å². The van der Waals surface area contributed by atoms with Crippen LogP contribution in [0, 0.1) is 5.92 Å². The molecule has 4 aromatic rings. The van der Waals surface area contributed by atoms with E-state index in [1.165, 1.54) is 0 Å². The van der Waals surface area contributed by atoms with Crippen molar-refractivity contribution < 1.29 is 14.3 Å². The molecule has 0 amide bonds. The number of carbonyl (C=O) groups is 2. The van der Waals surface area contributed by atoms with Gasteiger partial charge in [0.05, 0.1) is 18.6 Å². The van der Waals surface area contributed by atoms with Crippen molar-refractivity contribution in [2.24, 2.45) is 5.92 Å². The summed E-state index contributed by atoms with van der Waals surface area (Å²) in [4.78, 5) is 48.6. The highest BCUT2D eigenvalue weighted by Crippen LogP contribution is 2.30. The van der Waals surface area contributed by atoms with Gasteiger partial charge in [-0.1, -0.05) is 30.3 Å². The predicted molar refractivity (Wildman–Crippen MR) is 172 cm³/mol. The minimum Gasteiger partial charge on any atom is -0.378 e. The van der Waals surface area contributed by atoms with Crippen LogP contribution in [0.25, 0.3) is 22.3 Å². The van der Waals surface area contributed by atoms with Crippen LogP contribution in [-0.2, 0) is 27.2 Å². The van der Waals surface area contributed by atoms with Crippen molar-refractivity contribution in [2.45, 2.75) is 19.3 Å². The molecule has 2 aliphatic rings. The summed E-state index contributed by atoms with van der Waals surface area (Å²) in [5.74, 6) is 1.58. The number of H-pyrrole nitrogens is 1. The quantitative estimate of drug-likeness (QED) is 0.246. The summed E-state index contributed by atoms with van der Waals surface area (Å²) in [7, 11) is 3.97. The van der Waals surface area contributed by atoms with Gasteiger partial charge in [0, 0.05) is 81.2 Å². The maximum atomic E-state index is 13.0. The number of rotatable bonds is 12. The van der Waals surface area contributed by atoms with Crippen LogP contribution in [0.4, 0.5) is 11.5 Å². The van der Waals surface area contributed by atoms with Crippen LogP contribution in [0.15, 0.2) is 67.1 Å². The zero-order valence-corrected chi connectivity index (χ0v) is 25.4. The number of aromatic amines is 1. The Morgan fingerprint density at radius 1 is 1.00 bits per heavy atom. The van der Waals surface area contributed by atoms with E-state index in [1.54, 1.807) is 18.6 Å². The van der Waals surface area contributed by atoms with Crippen molar-refractivity contribution in [1.29, 1.82) is 0 Å². The van der Waals surface area contributed by atoms with Gasteiger partial charge >= 0.3 is 0 Å². The molecule has 1 aromatic carbocycles. The van der Waals surface area contributed by atoms with Gasteiger partial charge in [-0.15, -0.1) is 0 Å². The molecule has 44 heavy (non-hydrogen) atoms. The van der Waals surface area contributed by atoms with Gasteiger partial charge in [-0.25, -0.2) is 9.97 Å². The molecule has 5 heterocycles. The number of hydrogen-bond acceptors (Lipinski definition) is 9. The van der Waals surface area contributed by atoms with Crippen LogP contribution in [-0.4, -0.2) is 96.4 Å². The van der Waals surface area contributed by atoms with Crippen molar-refractivity contribution in [3.63, 3.8) is 0 Å². The van der Waals surface area contributed by atoms with Crippen LogP contribution >= 0.6 is 0 Å². The Morgan fingerprint density at radius 2 is 1.80 bits per heavy atom. The van der Waals surface area contributed by atoms with Crippen molar-refractivity contribution in [3.05, 3.63) is 78.4 Å². The van der Waals surface area contributed by atoms with Gasteiger partial charge in [0.2, 0.25) is 0 Å². The highest BCUT2D eigenvalue weighted by Gasteiger charge is 2.28. The summed E-state index contributed by atoms with van der Waals surface area (Å²) in [5, 5.41) is 0.994. The standard InChI is InChI=1S/C34H39N7O3/c1-39(2)11-3-4-29(42)17-25-21-41(22-25)28-9-10-35-27(18-28)19-30(43)16-24-5-7-26(8-6-24)32-20-31-33(38-32)36-23-37-34(31)40-12-14-44-15-13-40/h3-10,18,20,23,25H,11-17,19,21-22H2,1-2H3,(H,36,37,38)/b4-3+. The fraction of sp³-hybridized carbons (Fsp3) is 0.382. The lowest BCUT2D eigenvalue weighted by Gasteiger charge is -2.40. The number of Topliss-reactive ketones (excluding diaryl/α,β-unsaturated/α-hetero) is 1. The SMILES string of the molecule is CN(C)C/C=C/C(=O)CC1CN(c2ccnc(CC(=O)Cc3ccc(-c4cc5c(N6CCOCC6)ncnc5[nH]4)cc3)c2)C1. The minimum atomic E-state index is 0.120. The topological polar surface area (TPSA) is 108 Å². The first-order chi connectivity index (χ1) is 21.4. The van der Waals surface area contributed by atoms with E-state index in [0.717, 1.165) is 77.8 Å². The summed E-state index contributed by atoms with van der Waals surface area (Å²) in [6.45, 7) is 5.47. The number of pyridine rings is 1. The molecule has 0 atom stereocenters. The van der Waals surface area contributed by atoms with Gasteiger partial charge in [0.25, 0.3) is 0 Å². The number of carbonyl (C=O) groups excluding carboxylic acids is 2. The molecule has 0 saturated carbocycles. The first kappa shape index (κ1) is 29.7. The summed E-state index contributed by atoms with van der Waals surface area (Å²) in [6, 6.07) is 14.2. The third kappa shape index (κ3) is 7.20. The first-order valence-electron chi connectivity index (χ1n) is 15.2. The number of aromatic nitrogens is 4. The fourth-order valence-electron chi connectivity index (χ4n) is 5.82.